The molecule has 2 heterocycles. The average molecular weight is 472 g/mol. The largest absolute Gasteiger partial charge is 0.348 e. The van der Waals surface area contributed by atoms with Crippen molar-refractivity contribution in [2.24, 2.45) is 0 Å². The van der Waals surface area contributed by atoms with Gasteiger partial charge in [0, 0.05) is 33.8 Å². The number of hydrogen-bond acceptors (Lipinski definition) is 3. The normalized spacial score (nSPS) is 26.5. The number of amides is 2. The zero-order chi connectivity index (χ0) is 22.5. The zero-order valence-electron chi connectivity index (χ0n) is 18.1. The third-order valence-electron chi connectivity index (χ3n) is 7.27. The molecule has 1 aliphatic carbocycles. The van der Waals surface area contributed by atoms with Gasteiger partial charge < -0.3 is 10.6 Å². The number of hydrogen-bond donors (Lipinski definition) is 2. The van der Waals surface area contributed by atoms with Crippen LogP contribution < -0.4 is 10.6 Å². The van der Waals surface area contributed by atoms with E-state index in [2.05, 4.69) is 15.5 Å². The van der Waals surface area contributed by atoms with Crippen molar-refractivity contribution < 1.29 is 9.59 Å². The first-order valence-electron chi connectivity index (χ1n) is 11.3. The molecule has 5 nitrogen and oxygen atoms in total. The fourth-order valence-corrected chi connectivity index (χ4v) is 6.40. The van der Waals surface area contributed by atoms with Crippen molar-refractivity contribution in [1.29, 1.82) is 0 Å². The van der Waals surface area contributed by atoms with Crippen molar-refractivity contribution in [1.82, 2.24) is 10.2 Å². The number of rotatable bonds is 1. The molecule has 2 amide bonds. The van der Waals surface area contributed by atoms with Crippen LogP contribution in [0.15, 0.2) is 36.4 Å². The van der Waals surface area contributed by atoms with E-state index >= 15 is 0 Å². The summed E-state index contributed by atoms with van der Waals surface area (Å²) in [5, 5.41) is 7.38. The van der Waals surface area contributed by atoms with Crippen LogP contribution in [0.5, 0.6) is 0 Å². The Balaban J connectivity index is 1.75. The minimum Gasteiger partial charge on any atom is -0.348 e. The summed E-state index contributed by atoms with van der Waals surface area (Å²) in [5.41, 5.74) is 2.46. The van der Waals surface area contributed by atoms with Gasteiger partial charge in [-0.1, -0.05) is 60.7 Å². The molecule has 2 aromatic rings. The van der Waals surface area contributed by atoms with Crippen molar-refractivity contribution in [3.8, 4) is 0 Å². The third kappa shape index (κ3) is 3.51. The molecule has 1 spiro atoms. The molecule has 2 aromatic carbocycles. The van der Waals surface area contributed by atoms with Crippen molar-refractivity contribution in [3.05, 3.63) is 63.1 Å². The van der Waals surface area contributed by atoms with Gasteiger partial charge in [-0.2, -0.15) is 0 Å². The molecule has 2 N–H and O–H groups in total. The summed E-state index contributed by atoms with van der Waals surface area (Å²) in [5.74, 6) is -0.195. The number of carbonyl (C=O) groups is 2. The molecule has 168 valence electrons. The lowest BCUT2D eigenvalue weighted by Gasteiger charge is -2.45. The molecule has 1 saturated carbocycles. The van der Waals surface area contributed by atoms with Crippen LogP contribution >= 0.6 is 23.2 Å². The first-order chi connectivity index (χ1) is 15.4. The zero-order valence-corrected chi connectivity index (χ0v) is 19.6. The fourth-order valence-electron chi connectivity index (χ4n) is 5.87. The van der Waals surface area contributed by atoms with Crippen LogP contribution in [0, 0.1) is 0 Å². The Morgan fingerprint density at radius 1 is 1.06 bits per heavy atom. The SMILES string of the molecule is CC1NC(=O)CN(C2CCCCC2)C2(Cc3cccc(Cl)c31)C(=O)Nc1cc(Cl)ccc12. The molecule has 7 heteroatoms. The van der Waals surface area contributed by atoms with Gasteiger partial charge in [0.25, 0.3) is 0 Å². The number of nitrogens with one attached hydrogen (secondary N) is 2. The molecule has 3 aliphatic rings. The van der Waals surface area contributed by atoms with Crippen LogP contribution in [0.3, 0.4) is 0 Å². The lowest BCUT2D eigenvalue weighted by Crippen LogP contribution is -2.59. The van der Waals surface area contributed by atoms with Crippen molar-refractivity contribution in [2.45, 2.75) is 63.1 Å². The highest BCUT2D eigenvalue weighted by atomic mass is 35.5. The predicted molar refractivity (Wildman–Crippen MR) is 127 cm³/mol. The Morgan fingerprint density at radius 2 is 1.84 bits per heavy atom. The molecule has 0 aromatic heterocycles. The molecule has 2 aliphatic heterocycles. The molecule has 2 atom stereocenters. The van der Waals surface area contributed by atoms with Gasteiger partial charge in [-0.05, 0) is 49.1 Å². The quantitative estimate of drug-likeness (QED) is 0.599. The number of nitrogens with zero attached hydrogens (tertiary/aromatic N) is 1. The highest BCUT2D eigenvalue weighted by molar-refractivity contribution is 6.31. The second-order valence-corrected chi connectivity index (χ2v) is 10.0. The van der Waals surface area contributed by atoms with Crippen LogP contribution in [0.25, 0.3) is 0 Å². The van der Waals surface area contributed by atoms with E-state index in [1.165, 1.54) is 6.42 Å². The van der Waals surface area contributed by atoms with Gasteiger partial charge in [0.05, 0.1) is 12.6 Å². The Labute approximate surface area is 198 Å². The van der Waals surface area contributed by atoms with Gasteiger partial charge in [0.15, 0.2) is 0 Å². The smallest absolute Gasteiger partial charge is 0.249 e. The predicted octanol–water partition coefficient (Wildman–Crippen LogP) is 5.21. The van der Waals surface area contributed by atoms with E-state index in [1.807, 2.05) is 37.3 Å². The number of fused-ring (bicyclic) bond motifs is 3. The Morgan fingerprint density at radius 3 is 2.62 bits per heavy atom. The second kappa shape index (κ2) is 8.36. The molecule has 0 saturated heterocycles. The molecule has 0 bridgehead atoms. The van der Waals surface area contributed by atoms with Crippen LogP contribution in [0.1, 0.15) is 61.8 Å². The maximum Gasteiger partial charge on any atom is 0.249 e. The van der Waals surface area contributed by atoms with E-state index in [0.717, 1.165) is 48.1 Å². The summed E-state index contributed by atoms with van der Waals surface area (Å²) in [4.78, 5) is 29.3. The molecule has 2 unspecified atom stereocenters. The summed E-state index contributed by atoms with van der Waals surface area (Å²) in [7, 11) is 0. The average Bonchev–Trinajstić information content (AvgIpc) is 3.05. The lowest BCUT2D eigenvalue weighted by molar-refractivity contribution is -0.135. The van der Waals surface area contributed by atoms with Gasteiger partial charge in [-0.3, -0.25) is 14.5 Å². The molecule has 1 fully saturated rings. The maximum atomic E-state index is 13.9. The summed E-state index contributed by atoms with van der Waals surface area (Å²) < 4.78 is 0. The van der Waals surface area contributed by atoms with Crippen molar-refractivity contribution in [3.63, 3.8) is 0 Å². The summed E-state index contributed by atoms with van der Waals surface area (Å²) in [6.45, 7) is 2.12. The third-order valence-corrected chi connectivity index (χ3v) is 7.84. The van der Waals surface area contributed by atoms with E-state index in [-0.39, 0.29) is 30.4 Å². The number of halogens is 2. The Hall–Kier alpha value is -2.08. The van der Waals surface area contributed by atoms with E-state index < -0.39 is 5.54 Å². The van der Waals surface area contributed by atoms with Gasteiger partial charge in [-0.15, -0.1) is 0 Å². The first-order valence-corrected chi connectivity index (χ1v) is 12.1. The number of carbonyl (C=O) groups excluding carboxylic acids is 2. The molecular weight excluding hydrogens is 445 g/mol. The van der Waals surface area contributed by atoms with Crippen LogP contribution in [-0.4, -0.2) is 29.3 Å². The monoisotopic (exact) mass is 471 g/mol. The van der Waals surface area contributed by atoms with E-state index in [9.17, 15) is 9.59 Å². The summed E-state index contributed by atoms with van der Waals surface area (Å²) >= 11 is 12.9. The topological polar surface area (TPSA) is 61.4 Å². The summed E-state index contributed by atoms with van der Waals surface area (Å²) in [6.07, 6.45) is 5.79. The highest BCUT2D eigenvalue weighted by Gasteiger charge is 2.54. The van der Waals surface area contributed by atoms with Crippen LogP contribution in [-0.2, 0) is 21.5 Å². The van der Waals surface area contributed by atoms with Crippen molar-refractivity contribution >= 4 is 40.7 Å². The van der Waals surface area contributed by atoms with Crippen molar-refractivity contribution in [2.75, 3.05) is 11.9 Å². The van der Waals surface area contributed by atoms with Crippen LogP contribution in [0.4, 0.5) is 5.69 Å². The minimum absolute atomic E-state index is 0.0922. The van der Waals surface area contributed by atoms with E-state index in [0.29, 0.717) is 16.5 Å². The second-order valence-electron chi connectivity index (χ2n) is 9.20. The standard InChI is InChI=1S/C25H27Cl2N3O2/c1-15-23-16(6-5-9-20(23)27)13-25(19-11-10-17(26)12-21(19)29-24(25)32)30(14-22(31)28-15)18-7-3-2-4-8-18/h5-6,9-12,15,18H,2-4,7-8,13-14H2,1H3,(H,28,31)(H,29,32). The van der Waals surface area contributed by atoms with Gasteiger partial charge in [0.2, 0.25) is 11.8 Å². The lowest BCUT2D eigenvalue weighted by atomic mass is 9.79. The van der Waals surface area contributed by atoms with Gasteiger partial charge in [0.1, 0.15) is 5.54 Å². The fraction of sp³-hybridized carbons (Fsp3) is 0.440. The minimum atomic E-state index is -0.997. The van der Waals surface area contributed by atoms with Gasteiger partial charge >= 0.3 is 0 Å². The van der Waals surface area contributed by atoms with E-state index in [4.69, 9.17) is 23.2 Å². The Kier molecular flexibility index (Phi) is 5.68. The molecular formula is C25H27Cl2N3O2. The summed E-state index contributed by atoms with van der Waals surface area (Å²) in [6, 6.07) is 11.3. The number of anilines is 1. The molecule has 32 heavy (non-hydrogen) atoms. The maximum absolute atomic E-state index is 13.9. The molecule has 5 rings (SSSR count). The number of benzene rings is 2. The van der Waals surface area contributed by atoms with Crippen LogP contribution in [0.2, 0.25) is 10.0 Å². The van der Waals surface area contributed by atoms with Gasteiger partial charge in [-0.25, -0.2) is 0 Å². The Bertz CT molecular complexity index is 1080. The first kappa shape index (κ1) is 21.7. The van der Waals surface area contributed by atoms with E-state index in [1.54, 1.807) is 6.07 Å². The highest BCUT2D eigenvalue weighted by Crippen LogP contribution is 2.47. The molecule has 0 radical (unpaired) electrons.